The average Bonchev–Trinajstić information content (AvgIpc) is 2.92. The number of hydrogen-bond acceptors (Lipinski definition) is 4. The monoisotopic (exact) mass is 305 g/mol. The molecule has 2 aromatic rings. The molecule has 2 N–H and O–H groups in total. The molecule has 4 nitrogen and oxygen atoms in total. The smallest absolute Gasteiger partial charge is 0.102 e. The van der Waals surface area contributed by atoms with Crippen molar-refractivity contribution in [2.24, 2.45) is 7.05 Å². The van der Waals surface area contributed by atoms with E-state index in [2.05, 4.69) is 47.9 Å². The van der Waals surface area contributed by atoms with E-state index in [0.717, 1.165) is 5.56 Å². The van der Waals surface area contributed by atoms with Crippen LogP contribution < -0.4 is 5.32 Å². The fourth-order valence-electron chi connectivity index (χ4n) is 2.16. The zero-order chi connectivity index (χ0) is 15.5. The number of rotatable bonds is 6. The Morgan fingerprint density at radius 1 is 1.38 bits per heavy atom. The Hall–Kier alpha value is -1.30. The second-order valence-corrected chi connectivity index (χ2v) is 6.43. The Labute approximate surface area is 130 Å². The third-order valence-corrected chi connectivity index (χ3v) is 4.44. The van der Waals surface area contributed by atoms with Gasteiger partial charge < -0.3 is 10.4 Å². The van der Waals surface area contributed by atoms with Crippen LogP contribution >= 0.6 is 11.8 Å². The van der Waals surface area contributed by atoms with Crippen molar-refractivity contribution < 1.29 is 5.11 Å². The first-order chi connectivity index (χ1) is 9.92. The highest BCUT2D eigenvalue weighted by Crippen LogP contribution is 2.22. The van der Waals surface area contributed by atoms with E-state index in [4.69, 9.17) is 0 Å². The lowest BCUT2D eigenvalue weighted by Gasteiger charge is -2.25. The molecule has 1 aromatic carbocycles. The molecule has 21 heavy (non-hydrogen) atoms. The largest absolute Gasteiger partial charge is 0.384 e. The summed E-state index contributed by atoms with van der Waals surface area (Å²) >= 11 is 1.74. The Bertz CT molecular complexity index is 577. The van der Waals surface area contributed by atoms with E-state index >= 15 is 0 Å². The zero-order valence-electron chi connectivity index (χ0n) is 13.0. The predicted octanol–water partition coefficient (Wildman–Crippen LogP) is 2.70. The van der Waals surface area contributed by atoms with Gasteiger partial charge in [-0.05, 0) is 37.8 Å². The molecule has 0 aliphatic rings. The lowest BCUT2D eigenvalue weighted by atomic mass is 9.98. The lowest BCUT2D eigenvalue weighted by molar-refractivity contribution is 0.0543. The fourth-order valence-corrected chi connectivity index (χ4v) is 2.57. The second kappa shape index (κ2) is 6.64. The highest BCUT2D eigenvalue weighted by atomic mass is 32.2. The summed E-state index contributed by atoms with van der Waals surface area (Å²) in [6.07, 6.45) is 5.63. The number of benzene rings is 1. The van der Waals surface area contributed by atoms with Gasteiger partial charge in [0.15, 0.2) is 0 Å². The number of nitrogens with one attached hydrogen (secondary N) is 1. The van der Waals surface area contributed by atoms with Crippen molar-refractivity contribution in [3.8, 4) is 0 Å². The van der Waals surface area contributed by atoms with Gasteiger partial charge in [0.25, 0.3) is 0 Å². The summed E-state index contributed by atoms with van der Waals surface area (Å²) in [5, 5.41) is 18.1. The topological polar surface area (TPSA) is 50.1 Å². The molecule has 1 heterocycles. The van der Waals surface area contributed by atoms with Gasteiger partial charge in [0.1, 0.15) is 5.60 Å². The molecular weight excluding hydrogens is 282 g/mol. The molecule has 5 heteroatoms. The first-order valence-electron chi connectivity index (χ1n) is 7.01. The molecule has 1 aromatic heterocycles. The number of aromatic nitrogens is 2. The maximum absolute atomic E-state index is 10.6. The quantitative estimate of drug-likeness (QED) is 0.806. The van der Waals surface area contributed by atoms with Crippen molar-refractivity contribution in [1.82, 2.24) is 15.1 Å². The van der Waals surface area contributed by atoms with Crippen molar-refractivity contribution in [3.05, 3.63) is 47.8 Å². The summed E-state index contributed by atoms with van der Waals surface area (Å²) in [5.41, 5.74) is 1.11. The molecule has 2 rings (SSSR count). The van der Waals surface area contributed by atoms with E-state index in [1.807, 2.05) is 13.2 Å². The fraction of sp³-hybridized carbons (Fsp3) is 0.438. The molecule has 0 saturated heterocycles. The third kappa shape index (κ3) is 4.09. The molecule has 0 aliphatic carbocycles. The first kappa shape index (κ1) is 16.1. The number of thioether (sulfide) groups is 1. The minimum absolute atomic E-state index is 0.184. The molecule has 0 aliphatic heterocycles. The standard InChI is InChI=1S/C16H23N3OS/c1-12(13-5-7-15(21-4)8-6-13)17-11-16(2,20)14-9-18-19(3)10-14/h5-10,12,17,20H,11H2,1-4H3. The molecule has 0 bridgehead atoms. The van der Waals surface area contributed by atoms with E-state index in [1.54, 1.807) is 29.6 Å². The Kier molecular flexibility index (Phi) is 5.08. The van der Waals surface area contributed by atoms with Crippen molar-refractivity contribution in [2.75, 3.05) is 12.8 Å². The molecule has 114 valence electrons. The first-order valence-corrected chi connectivity index (χ1v) is 8.23. The van der Waals surface area contributed by atoms with Gasteiger partial charge in [0, 0.05) is 36.3 Å². The van der Waals surface area contributed by atoms with Crippen LogP contribution in [-0.4, -0.2) is 27.7 Å². The number of aliphatic hydroxyl groups is 1. The van der Waals surface area contributed by atoms with Crippen molar-refractivity contribution >= 4 is 11.8 Å². The molecule has 0 amide bonds. The van der Waals surface area contributed by atoms with Crippen molar-refractivity contribution in [3.63, 3.8) is 0 Å². The SMILES string of the molecule is CSc1ccc(C(C)NCC(C)(O)c2cnn(C)c2)cc1. The lowest BCUT2D eigenvalue weighted by Crippen LogP contribution is -2.36. The van der Waals surface area contributed by atoms with E-state index in [0.29, 0.717) is 6.54 Å². The van der Waals surface area contributed by atoms with Crippen LogP contribution in [0.2, 0.25) is 0 Å². The van der Waals surface area contributed by atoms with Crippen LogP contribution in [0.15, 0.2) is 41.6 Å². The molecule has 0 radical (unpaired) electrons. The van der Waals surface area contributed by atoms with Gasteiger partial charge in [-0.3, -0.25) is 4.68 Å². The summed E-state index contributed by atoms with van der Waals surface area (Å²) in [6.45, 7) is 4.39. The Morgan fingerprint density at radius 3 is 2.57 bits per heavy atom. The van der Waals surface area contributed by atoms with Crippen LogP contribution in [0.4, 0.5) is 0 Å². The van der Waals surface area contributed by atoms with E-state index < -0.39 is 5.60 Å². The Balaban J connectivity index is 1.97. The van der Waals surface area contributed by atoms with E-state index in [1.165, 1.54) is 10.5 Å². The van der Waals surface area contributed by atoms with Gasteiger partial charge in [-0.2, -0.15) is 5.10 Å². The predicted molar refractivity (Wildman–Crippen MR) is 87.4 cm³/mol. The summed E-state index contributed by atoms with van der Waals surface area (Å²) in [7, 11) is 1.85. The van der Waals surface area contributed by atoms with Crippen LogP contribution in [0.1, 0.15) is 31.0 Å². The minimum Gasteiger partial charge on any atom is -0.384 e. The second-order valence-electron chi connectivity index (χ2n) is 5.55. The van der Waals surface area contributed by atoms with Gasteiger partial charge >= 0.3 is 0 Å². The number of hydrogen-bond donors (Lipinski definition) is 2. The number of aryl methyl sites for hydroxylation is 1. The molecule has 0 spiro atoms. The molecule has 2 atom stereocenters. The molecule has 0 saturated carbocycles. The maximum atomic E-state index is 10.6. The van der Waals surface area contributed by atoms with Crippen molar-refractivity contribution in [2.45, 2.75) is 30.4 Å². The molecule has 2 unspecified atom stereocenters. The van der Waals surface area contributed by atoms with E-state index in [-0.39, 0.29) is 6.04 Å². The Morgan fingerprint density at radius 2 is 2.05 bits per heavy atom. The van der Waals surface area contributed by atoms with Gasteiger partial charge in [-0.25, -0.2) is 0 Å². The highest BCUT2D eigenvalue weighted by molar-refractivity contribution is 7.98. The van der Waals surface area contributed by atoms with Crippen LogP contribution in [0.5, 0.6) is 0 Å². The van der Waals surface area contributed by atoms with Gasteiger partial charge in [0.2, 0.25) is 0 Å². The zero-order valence-corrected chi connectivity index (χ0v) is 13.8. The van der Waals surface area contributed by atoms with Crippen LogP contribution in [0.25, 0.3) is 0 Å². The average molecular weight is 305 g/mol. The van der Waals surface area contributed by atoms with E-state index in [9.17, 15) is 5.11 Å². The minimum atomic E-state index is -0.929. The summed E-state index contributed by atoms with van der Waals surface area (Å²) in [5.74, 6) is 0. The third-order valence-electron chi connectivity index (χ3n) is 3.70. The normalized spacial score (nSPS) is 15.7. The summed E-state index contributed by atoms with van der Waals surface area (Å²) in [6, 6.07) is 8.68. The molecule has 0 fully saturated rings. The van der Waals surface area contributed by atoms with Crippen LogP contribution in [-0.2, 0) is 12.6 Å². The molecular formula is C16H23N3OS. The number of nitrogens with zero attached hydrogens (tertiary/aromatic N) is 2. The highest BCUT2D eigenvalue weighted by Gasteiger charge is 2.25. The van der Waals surface area contributed by atoms with Crippen LogP contribution in [0, 0.1) is 0 Å². The summed E-state index contributed by atoms with van der Waals surface area (Å²) in [4.78, 5) is 1.26. The van der Waals surface area contributed by atoms with Crippen molar-refractivity contribution in [1.29, 1.82) is 0 Å². The van der Waals surface area contributed by atoms with Gasteiger partial charge in [-0.1, -0.05) is 12.1 Å². The van der Waals surface area contributed by atoms with Crippen LogP contribution in [0.3, 0.4) is 0 Å². The van der Waals surface area contributed by atoms with Gasteiger partial charge in [-0.15, -0.1) is 11.8 Å². The summed E-state index contributed by atoms with van der Waals surface area (Å²) < 4.78 is 1.70. The van der Waals surface area contributed by atoms with Gasteiger partial charge in [0.05, 0.1) is 6.20 Å². The maximum Gasteiger partial charge on any atom is 0.102 e.